The fourth-order valence-electron chi connectivity index (χ4n) is 1.94. The highest BCUT2D eigenvalue weighted by Crippen LogP contribution is 2.24. The summed E-state index contributed by atoms with van der Waals surface area (Å²) in [5, 5.41) is 0. The number of hydrogen-bond acceptors (Lipinski definition) is 4. The average Bonchev–Trinajstić information content (AvgIpc) is 2.84. The average molecular weight is 382 g/mol. The number of carbonyl (C=O) groups is 1. The lowest BCUT2D eigenvalue weighted by atomic mass is 10.3. The van der Waals surface area contributed by atoms with Crippen LogP contribution in [0.2, 0.25) is 0 Å². The van der Waals surface area contributed by atoms with Crippen LogP contribution in [0.1, 0.15) is 9.67 Å². The largest absolute Gasteiger partial charge is 0.335 e. The minimum Gasteiger partial charge on any atom is -0.335 e. The first-order valence-electron chi connectivity index (χ1n) is 6.04. The maximum atomic E-state index is 12.2. The van der Waals surface area contributed by atoms with E-state index < -0.39 is 10.2 Å². The van der Waals surface area contributed by atoms with E-state index in [4.69, 9.17) is 0 Å². The summed E-state index contributed by atoms with van der Waals surface area (Å²) in [5.41, 5.74) is 0. The molecule has 0 N–H and O–H groups in total. The number of carbonyl (C=O) groups excluding carboxylic acids is 1. The van der Waals surface area contributed by atoms with Gasteiger partial charge in [0.2, 0.25) is 0 Å². The van der Waals surface area contributed by atoms with Crippen molar-refractivity contribution in [1.82, 2.24) is 13.5 Å². The molecule has 2 heterocycles. The second-order valence-electron chi connectivity index (χ2n) is 4.59. The predicted molar refractivity (Wildman–Crippen MR) is 82.1 cm³/mol. The molecule has 1 aliphatic rings. The van der Waals surface area contributed by atoms with E-state index in [9.17, 15) is 13.2 Å². The lowest BCUT2D eigenvalue weighted by Crippen LogP contribution is -2.52. The smallest absolute Gasteiger partial charge is 0.281 e. The normalized spacial score (nSPS) is 17.7. The quantitative estimate of drug-likeness (QED) is 0.786. The van der Waals surface area contributed by atoms with Gasteiger partial charge in [-0.2, -0.15) is 17.0 Å². The van der Waals surface area contributed by atoms with Gasteiger partial charge in [-0.1, -0.05) is 0 Å². The molecule has 0 aromatic carbocycles. The molecule has 20 heavy (non-hydrogen) atoms. The molecule has 0 saturated carbocycles. The molecule has 0 spiro atoms. The Kier molecular flexibility index (Phi) is 4.85. The van der Waals surface area contributed by atoms with Crippen LogP contribution < -0.4 is 0 Å². The van der Waals surface area contributed by atoms with E-state index in [0.717, 1.165) is 3.79 Å². The minimum atomic E-state index is -3.39. The zero-order chi connectivity index (χ0) is 14.9. The first-order chi connectivity index (χ1) is 9.32. The second kappa shape index (κ2) is 6.10. The molecular formula is C11H16BrN3O3S2. The summed E-state index contributed by atoms with van der Waals surface area (Å²) in [6, 6.07) is 3.62. The van der Waals surface area contributed by atoms with Crippen molar-refractivity contribution in [3.63, 3.8) is 0 Å². The number of thiophene rings is 1. The summed E-state index contributed by atoms with van der Waals surface area (Å²) < 4.78 is 27.5. The Labute approximate surface area is 131 Å². The van der Waals surface area contributed by atoms with Crippen molar-refractivity contribution in [2.45, 2.75) is 0 Å². The lowest BCUT2D eigenvalue weighted by molar-refractivity contribution is 0.0700. The van der Waals surface area contributed by atoms with Crippen molar-refractivity contribution >= 4 is 43.4 Å². The zero-order valence-corrected chi connectivity index (χ0v) is 14.5. The molecule has 1 aromatic rings. The zero-order valence-electron chi connectivity index (χ0n) is 11.2. The fourth-order valence-corrected chi connectivity index (χ4v) is 4.38. The highest BCUT2D eigenvalue weighted by atomic mass is 79.9. The van der Waals surface area contributed by atoms with Crippen molar-refractivity contribution in [1.29, 1.82) is 0 Å². The molecule has 2 rings (SSSR count). The highest BCUT2D eigenvalue weighted by Gasteiger charge is 2.30. The Hall–Kier alpha value is -0.480. The molecular weight excluding hydrogens is 366 g/mol. The van der Waals surface area contributed by atoms with Crippen LogP contribution in [-0.2, 0) is 10.2 Å². The van der Waals surface area contributed by atoms with Gasteiger partial charge in [0, 0.05) is 40.3 Å². The number of halogens is 1. The van der Waals surface area contributed by atoms with Crippen LogP contribution in [0, 0.1) is 0 Å². The van der Waals surface area contributed by atoms with E-state index >= 15 is 0 Å². The van der Waals surface area contributed by atoms with E-state index in [1.807, 2.05) is 6.07 Å². The molecule has 1 aliphatic heterocycles. The van der Waals surface area contributed by atoms with Crippen LogP contribution in [0.25, 0.3) is 0 Å². The molecule has 9 heteroatoms. The van der Waals surface area contributed by atoms with Gasteiger partial charge in [0.15, 0.2) is 0 Å². The Morgan fingerprint density at radius 2 is 1.85 bits per heavy atom. The summed E-state index contributed by atoms with van der Waals surface area (Å²) in [4.78, 5) is 14.6. The van der Waals surface area contributed by atoms with Gasteiger partial charge in [0.1, 0.15) is 0 Å². The number of amides is 1. The van der Waals surface area contributed by atoms with E-state index in [1.165, 1.54) is 34.0 Å². The van der Waals surface area contributed by atoms with Crippen LogP contribution in [0.4, 0.5) is 0 Å². The second-order valence-corrected chi connectivity index (χ2v) is 9.19. The molecule has 1 saturated heterocycles. The molecule has 1 amide bonds. The van der Waals surface area contributed by atoms with Crippen molar-refractivity contribution < 1.29 is 13.2 Å². The van der Waals surface area contributed by atoms with Crippen LogP contribution in [0.3, 0.4) is 0 Å². The van der Waals surface area contributed by atoms with Gasteiger partial charge in [-0.15, -0.1) is 11.3 Å². The molecule has 0 unspecified atom stereocenters. The van der Waals surface area contributed by atoms with Crippen molar-refractivity contribution in [2.75, 3.05) is 40.3 Å². The molecule has 112 valence electrons. The molecule has 0 atom stereocenters. The Morgan fingerprint density at radius 1 is 1.25 bits per heavy atom. The van der Waals surface area contributed by atoms with Gasteiger partial charge in [0.05, 0.1) is 8.66 Å². The Morgan fingerprint density at radius 3 is 2.30 bits per heavy atom. The fraction of sp³-hybridized carbons (Fsp3) is 0.545. The minimum absolute atomic E-state index is 0.0393. The lowest BCUT2D eigenvalue weighted by Gasteiger charge is -2.34. The van der Waals surface area contributed by atoms with E-state index in [2.05, 4.69) is 15.9 Å². The number of rotatable bonds is 3. The third-order valence-electron chi connectivity index (χ3n) is 3.10. The van der Waals surface area contributed by atoms with Gasteiger partial charge in [0.25, 0.3) is 16.1 Å². The van der Waals surface area contributed by atoms with Gasteiger partial charge < -0.3 is 4.90 Å². The molecule has 1 aromatic heterocycles. The summed E-state index contributed by atoms with van der Waals surface area (Å²) >= 11 is 4.72. The molecule has 0 bridgehead atoms. The van der Waals surface area contributed by atoms with Gasteiger partial charge in [-0.3, -0.25) is 4.79 Å². The van der Waals surface area contributed by atoms with Gasteiger partial charge >= 0.3 is 0 Å². The SMILES string of the molecule is CN(C)S(=O)(=O)N1CCN(C(=O)c2ccc(Br)s2)CC1. The third kappa shape index (κ3) is 3.22. The summed E-state index contributed by atoms with van der Waals surface area (Å²) in [5.74, 6) is -0.0393. The van der Waals surface area contributed by atoms with E-state index in [0.29, 0.717) is 31.1 Å². The van der Waals surface area contributed by atoms with Crippen molar-refractivity contribution in [3.05, 3.63) is 20.8 Å². The monoisotopic (exact) mass is 381 g/mol. The maximum absolute atomic E-state index is 12.2. The van der Waals surface area contributed by atoms with Crippen LogP contribution in [0.5, 0.6) is 0 Å². The Balaban J connectivity index is 2.00. The van der Waals surface area contributed by atoms with Gasteiger partial charge in [-0.05, 0) is 28.1 Å². The maximum Gasteiger partial charge on any atom is 0.281 e. The Bertz CT molecular complexity index is 592. The van der Waals surface area contributed by atoms with Crippen molar-refractivity contribution in [2.24, 2.45) is 0 Å². The summed E-state index contributed by atoms with van der Waals surface area (Å²) in [6.45, 7) is 1.50. The van der Waals surface area contributed by atoms with Crippen LogP contribution in [-0.4, -0.2) is 68.1 Å². The number of nitrogens with zero attached hydrogens (tertiary/aromatic N) is 3. The summed E-state index contributed by atoms with van der Waals surface area (Å²) in [6.07, 6.45) is 0. The van der Waals surface area contributed by atoms with E-state index in [-0.39, 0.29) is 5.91 Å². The third-order valence-corrected chi connectivity index (χ3v) is 6.65. The number of piperazine rings is 1. The number of hydrogen-bond donors (Lipinski definition) is 0. The van der Waals surface area contributed by atoms with E-state index in [1.54, 1.807) is 11.0 Å². The first-order valence-corrected chi connectivity index (χ1v) is 9.05. The first kappa shape index (κ1) is 15.9. The predicted octanol–water partition coefficient (Wildman–Crippen LogP) is 1.07. The van der Waals surface area contributed by atoms with Crippen LogP contribution in [0.15, 0.2) is 15.9 Å². The molecule has 0 radical (unpaired) electrons. The van der Waals surface area contributed by atoms with Crippen molar-refractivity contribution in [3.8, 4) is 0 Å². The molecule has 0 aliphatic carbocycles. The topological polar surface area (TPSA) is 60.9 Å². The van der Waals surface area contributed by atoms with Gasteiger partial charge in [-0.25, -0.2) is 0 Å². The van der Waals surface area contributed by atoms with Crippen LogP contribution >= 0.6 is 27.3 Å². The summed E-state index contributed by atoms with van der Waals surface area (Å²) in [7, 11) is -0.366. The molecule has 6 nitrogen and oxygen atoms in total. The standard InChI is InChI=1S/C11H16BrN3O3S2/c1-13(2)20(17,18)15-7-5-14(6-8-15)11(16)9-3-4-10(12)19-9/h3-4H,5-8H2,1-2H3. The molecule has 1 fully saturated rings. The highest BCUT2D eigenvalue weighted by molar-refractivity contribution is 9.11.